The summed E-state index contributed by atoms with van der Waals surface area (Å²) >= 11 is 0. The van der Waals surface area contributed by atoms with Gasteiger partial charge in [0.2, 0.25) is 0 Å². The van der Waals surface area contributed by atoms with E-state index in [0.717, 1.165) is 6.26 Å². The molecule has 2 aromatic rings. The fourth-order valence-electron chi connectivity index (χ4n) is 1.59. The van der Waals surface area contributed by atoms with E-state index in [0.29, 0.717) is 11.1 Å². The lowest BCUT2D eigenvalue weighted by Crippen LogP contribution is -1.97. The molecule has 0 heterocycles. The summed E-state index contributed by atoms with van der Waals surface area (Å²) in [5.74, 6) is -0.363. The van der Waals surface area contributed by atoms with Crippen molar-refractivity contribution in [2.75, 3.05) is 6.26 Å². The number of sulfone groups is 1. The summed E-state index contributed by atoms with van der Waals surface area (Å²) in [5, 5.41) is 0. The Morgan fingerprint density at radius 3 is 2.35 bits per heavy atom. The van der Waals surface area contributed by atoms with Crippen LogP contribution in [0.1, 0.15) is 0 Å². The summed E-state index contributed by atoms with van der Waals surface area (Å²) in [6.45, 7) is 0. The summed E-state index contributed by atoms with van der Waals surface area (Å²) in [5.41, 5.74) is 0.962. The molecule has 0 amide bonds. The second kappa shape index (κ2) is 4.30. The van der Waals surface area contributed by atoms with Crippen LogP contribution in [0.3, 0.4) is 0 Å². The molecule has 17 heavy (non-hydrogen) atoms. The standard InChI is InChI=1S/C13H11FO2S/c1-17(15,16)11-6-4-5-10(9-11)12-7-2-3-8-13(12)14/h2-9H,1H3. The van der Waals surface area contributed by atoms with Crippen molar-refractivity contribution >= 4 is 9.84 Å². The van der Waals surface area contributed by atoms with Gasteiger partial charge in [-0.25, -0.2) is 12.8 Å². The maximum Gasteiger partial charge on any atom is 0.175 e. The van der Waals surface area contributed by atoms with Crippen LogP contribution in [0.5, 0.6) is 0 Å². The summed E-state index contributed by atoms with van der Waals surface area (Å²) in [6, 6.07) is 12.6. The van der Waals surface area contributed by atoms with E-state index in [2.05, 4.69) is 0 Å². The van der Waals surface area contributed by atoms with E-state index >= 15 is 0 Å². The van der Waals surface area contributed by atoms with Crippen LogP contribution in [0, 0.1) is 5.82 Å². The molecule has 0 aromatic heterocycles. The van der Waals surface area contributed by atoms with Crippen molar-refractivity contribution in [2.45, 2.75) is 4.90 Å². The van der Waals surface area contributed by atoms with Crippen LogP contribution in [-0.2, 0) is 9.84 Å². The molecule has 0 bridgehead atoms. The highest BCUT2D eigenvalue weighted by molar-refractivity contribution is 7.90. The Morgan fingerprint density at radius 2 is 1.71 bits per heavy atom. The van der Waals surface area contributed by atoms with E-state index in [-0.39, 0.29) is 10.7 Å². The molecule has 0 aliphatic carbocycles. The molecule has 0 radical (unpaired) electrons. The highest BCUT2D eigenvalue weighted by atomic mass is 32.2. The summed E-state index contributed by atoms with van der Waals surface area (Å²) in [6.07, 6.45) is 1.13. The van der Waals surface area contributed by atoms with Crippen molar-refractivity contribution in [3.63, 3.8) is 0 Å². The third-order valence-corrected chi connectivity index (χ3v) is 3.56. The molecule has 0 unspecified atom stereocenters. The van der Waals surface area contributed by atoms with E-state index in [1.165, 1.54) is 18.2 Å². The molecule has 0 atom stereocenters. The van der Waals surface area contributed by atoms with Gasteiger partial charge in [-0.3, -0.25) is 0 Å². The average Bonchev–Trinajstić information content (AvgIpc) is 2.29. The topological polar surface area (TPSA) is 34.1 Å². The maximum atomic E-state index is 13.6. The molecule has 2 aromatic carbocycles. The lowest BCUT2D eigenvalue weighted by Gasteiger charge is -2.05. The van der Waals surface area contributed by atoms with Gasteiger partial charge in [-0.2, -0.15) is 0 Å². The fraction of sp³-hybridized carbons (Fsp3) is 0.0769. The third-order valence-electron chi connectivity index (χ3n) is 2.45. The minimum absolute atomic E-state index is 0.193. The third kappa shape index (κ3) is 2.53. The van der Waals surface area contributed by atoms with E-state index in [9.17, 15) is 12.8 Å². The average molecular weight is 250 g/mol. The summed E-state index contributed by atoms with van der Waals surface area (Å²) in [4.78, 5) is 0.193. The fourth-order valence-corrected chi connectivity index (χ4v) is 2.26. The van der Waals surface area contributed by atoms with Gasteiger partial charge < -0.3 is 0 Å². The van der Waals surface area contributed by atoms with Crippen molar-refractivity contribution in [2.24, 2.45) is 0 Å². The first-order valence-electron chi connectivity index (χ1n) is 5.03. The van der Waals surface area contributed by atoms with Gasteiger partial charge in [0.05, 0.1) is 4.90 Å². The number of hydrogen-bond donors (Lipinski definition) is 0. The van der Waals surface area contributed by atoms with Crippen LogP contribution in [0.15, 0.2) is 53.4 Å². The normalized spacial score (nSPS) is 11.4. The molecular formula is C13H11FO2S. The van der Waals surface area contributed by atoms with Crippen LogP contribution in [0.25, 0.3) is 11.1 Å². The van der Waals surface area contributed by atoms with Crippen LogP contribution >= 0.6 is 0 Å². The largest absolute Gasteiger partial charge is 0.224 e. The molecule has 4 heteroatoms. The van der Waals surface area contributed by atoms with Crippen LogP contribution in [0.4, 0.5) is 4.39 Å². The first kappa shape index (κ1) is 11.8. The van der Waals surface area contributed by atoms with E-state index in [1.54, 1.807) is 30.3 Å². The molecule has 2 rings (SSSR count). The predicted molar refractivity (Wildman–Crippen MR) is 64.9 cm³/mol. The highest BCUT2D eigenvalue weighted by Gasteiger charge is 2.09. The van der Waals surface area contributed by atoms with E-state index in [1.807, 2.05) is 0 Å². The molecule has 0 N–H and O–H groups in total. The molecule has 88 valence electrons. The number of hydrogen-bond acceptors (Lipinski definition) is 2. The van der Waals surface area contributed by atoms with Crippen LogP contribution in [0.2, 0.25) is 0 Å². The van der Waals surface area contributed by atoms with Gasteiger partial charge in [-0.05, 0) is 23.8 Å². The predicted octanol–water partition coefficient (Wildman–Crippen LogP) is 2.90. The molecule has 0 saturated carbocycles. The Kier molecular flexibility index (Phi) is 2.98. The summed E-state index contributed by atoms with van der Waals surface area (Å²) in [7, 11) is -3.27. The number of halogens is 1. The Bertz CT molecular complexity index is 648. The van der Waals surface area contributed by atoms with Gasteiger partial charge in [0.1, 0.15) is 5.82 Å². The summed E-state index contributed by atoms with van der Waals surface area (Å²) < 4.78 is 36.4. The van der Waals surface area contributed by atoms with Gasteiger partial charge in [-0.1, -0.05) is 30.3 Å². The van der Waals surface area contributed by atoms with Crippen molar-refractivity contribution in [3.05, 3.63) is 54.3 Å². The minimum Gasteiger partial charge on any atom is -0.224 e. The van der Waals surface area contributed by atoms with Crippen LogP contribution < -0.4 is 0 Å². The molecular weight excluding hydrogens is 239 g/mol. The Balaban J connectivity index is 2.59. The molecule has 0 fully saturated rings. The van der Waals surface area contributed by atoms with Gasteiger partial charge in [0, 0.05) is 11.8 Å². The second-order valence-electron chi connectivity index (χ2n) is 3.78. The van der Waals surface area contributed by atoms with E-state index in [4.69, 9.17) is 0 Å². The minimum atomic E-state index is -3.27. The van der Waals surface area contributed by atoms with Crippen molar-refractivity contribution in [1.29, 1.82) is 0 Å². The van der Waals surface area contributed by atoms with Crippen molar-refractivity contribution in [3.8, 4) is 11.1 Å². The zero-order chi connectivity index (χ0) is 12.5. The second-order valence-corrected chi connectivity index (χ2v) is 5.80. The number of rotatable bonds is 2. The van der Waals surface area contributed by atoms with Gasteiger partial charge >= 0.3 is 0 Å². The quantitative estimate of drug-likeness (QED) is 0.821. The van der Waals surface area contributed by atoms with Gasteiger partial charge in [0.25, 0.3) is 0 Å². The Morgan fingerprint density at radius 1 is 1.00 bits per heavy atom. The first-order valence-corrected chi connectivity index (χ1v) is 6.92. The lowest BCUT2D eigenvalue weighted by molar-refractivity contribution is 0.602. The van der Waals surface area contributed by atoms with Crippen molar-refractivity contribution in [1.82, 2.24) is 0 Å². The number of benzene rings is 2. The smallest absolute Gasteiger partial charge is 0.175 e. The molecule has 2 nitrogen and oxygen atoms in total. The van der Waals surface area contributed by atoms with Crippen LogP contribution in [-0.4, -0.2) is 14.7 Å². The Labute approximate surface area is 99.6 Å². The maximum absolute atomic E-state index is 13.6. The van der Waals surface area contributed by atoms with E-state index < -0.39 is 9.84 Å². The zero-order valence-electron chi connectivity index (χ0n) is 9.22. The van der Waals surface area contributed by atoms with Crippen molar-refractivity contribution < 1.29 is 12.8 Å². The first-order chi connectivity index (χ1) is 7.98. The molecule has 0 aliphatic rings. The SMILES string of the molecule is CS(=O)(=O)c1cccc(-c2ccccc2F)c1. The van der Waals surface area contributed by atoms with Gasteiger partial charge in [0.15, 0.2) is 9.84 Å². The zero-order valence-corrected chi connectivity index (χ0v) is 10.0. The molecule has 0 aliphatic heterocycles. The monoisotopic (exact) mass is 250 g/mol. The van der Waals surface area contributed by atoms with Gasteiger partial charge in [-0.15, -0.1) is 0 Å². The molecule has 0 saturated heterocycles. The Hall–Kier alpha value is -1.68. The highest BCUT2D eigenvalue weighted by Crippen LogP contribution is 2.24. The molecule has 0 spiro atoms. The lowest BCUT2D eigenvalue weighted by atomic mass is 10.1.